The summed E-state index contributed by atoms with van der Waals surface area (Å²) in [5.74, 6) is -0.0605. The summed E-state index contributed by atoms with van der Waals surface area (Å²) in [6.07, 6.45) is 0.647. The number of nitrogens with zero attached hydrogens (tertiary/aromatic N) is 1. The Kier molecular flexibility index (Phi) is 9.28. The van der Waals surface area contributed by atoms with E-state index in [1.165, 1.54) is 5.56 Å². The Labute approximate surface area is 181 Å². The molecule has 0 bridgehead atoms. The van der Waals surface area contributed by atoms with Crippen LogP contribution in [0.4, 0.5) is 5.69 Å². The number of aliphatic hydroxyl groups is 1. The Balaban J connectivity index is 0.00000300. The van der Waals surface area contributed by atoms with Gasteiger partial charge in [-0.1, -0.05) is 42.5 Å². The van der Waals surface area contributed by atoms with Crippen LogP contribution in [0, 0.1) is 6.92 Å². The standard InChI is InChI=1S/C22H25N3O2S.ClH/c1-16-24-20(15-28-16)13-22(27)25-19-9-7-17(8-10-19)11-12-23-14-21(26)18-5-3-2-4-6-18;/h2-10,15,21,23,26H,11-14H2,1H3,(H,25,27);1H/t21-;/m0./s1. The number of halogens is 1. The predicted molar refractivity (Wildman–Crippen MR) is 121 cm³/mol. The zero-order chi connectivity index (χ0) is 19.8. The van der Waals surface area contributed by atoms with Gasteiger partial charge in [0, 0.05) is 17.6 Å². The molecule has 1 aromatic heterocycles. The number of nitrogens with one attached hydrogen (secondary N) is 2. The van der Waals surface area contributed by atoms with Crippen molar-refractivity contribution >= 4 is 35.3 Å². The number of amides is 1. The highest BCUT2D eigenvalue weighted by Gasteiger charge is 2.08. The van der Waals surface area contributed by atoms with E-state index in [2.05, 4.69) is 15.6 Å². The molecule has 1 heterocycles. The van der Waals surface area contributed by atoms with E-state index in [0.717, 1.165) is 34.9 Å². The third-order valence-electron chi connectivity index (χ3n) is 4.36. The van der Waals surface area contributed by atoms with Crippen LogP contribution in [-0.4, -0.2) is 29.1 Å². The van der Waals surface area contributed by atoms with Crippen molar-refractivity contribution in [2.24, 2.45) is 0 Å². The van der Waals surface area contributed by atoms with Crippen molar-refractivity contribution in [3.05, 3.63) is 81.8 Å². The summed E-state index contributed by atoms with van der Waals surface area (Å²) >= 11 is 1.55. The molecule has 1 amide bonds. The lowest BCUT2D eigenvalue weighted by Gasteiger charge is -2.12. The number of anilines is 1. The van der Waals surface area contributed by atoms with Crippen molar-refractivity contribution in [2.45, 2.75) is 25.9 Å². The zero-order valence-corrected chi connectivity index (χ0v) is 17.9. The fourth-order valence-electron chi connectivity index (χ4n) is 2.88. The molecule has 3 rings (SSSR count). The lowest BCUT2D eigenvalue weighted by molar-refractivity contribution is -0.115. The predicted octanol–water partition coefficient (Wildman–Crippen LogP) is 3.92. The summed E-state index contributed by atoms with van der Waals surface area (Å²) in [6.45, 7) is 3.23. The Morgan fingerprint density at radius 1 is 1.14 bits per heavy atom. The summed E-state index contributed by atoms with van der Waals surface area (Å²) < 4.78 is 0. The average molecular weight is 432 g/mol. The van der Waals surface area contributed by atoms with E-state index < -0.39 is 6.10 Å². The van der Waals surface area contributed by atoms with E-state index >= 15 is 0 Å². The number of carbonyl (C=O) groups is 1. The fraction of sp³-hybridized carbons (Fsp3) is 0.273. The maximum atomic E-state index is 12.1. The van der Waals surface area contributed by atoms with Crippen LogP contribution in [0.25, 0.3) is 0 Å². The van der Waals surface area contributed by atoms with Crippen LogP contribution in [0.1, 0.15) is 27.9 Å². The van der Waals surface area contributed by atoms with Crippen molar-refractivity contribution in [2.75, 3.05) is 18.4 Å². The van der Waals surface area contributed by atoms with Crippen molar-refractivity contribution in [1.29, 1.82) is 0 Å². The summed E-state index contributed by atoms with van der Waals surface area (Å²) in [5, 5.41) is 19.2. The molecule has 0 aliphatic rings. The number of rotatable bonds is 9. The van der Waals surface area contributed by atoms with Gasteiger partial charge < -0.3 is 15.7 Å². The SMILES string of the molecule is Cc1nc(CC(=O)Nc2ccc(CCNC[C@H](O)c3ccccc3)cc2)cs1.Cl. The number of hydrogen-bond acceptors (Lipinski definition) is 5. The first-order valence-electron chi connectivity index (χ1n) is 9.33. The minimum absolute atomic E-state index is 0. The monoisotopic (exact) mass is 431 g/mol. The van der Waals surface area contributed by atoms with Gasteiger partial charge in [-0.05, 0) is 43.1 Å². The van der Waals surface area contributed by atoms with E-state index in [0.29, 0.717) is 13.0 Å². The van der Waals surface area contributed by atoms with Gasteiger partial charge >= 0.3 is 0 Å². The molecular weight excluding hydrogens is 406 g/mol. The quantitative estimate of drug-likeness (QED) is 0.449. The molecule has 5 nitrogen and oxygen atoms in total. The number of aliphatic hydroxyl groups excluding tert-OH is 1. The number of thiazole rings is 1. The first-order chi connectivity index (χ1) is 13.6. The molecule has 1 atom stereocenters. The summed E-state index contributed by atoms with van der Waals surface area (Å²) in [6, 6.07) is 17.5. The molecule has 0 spiro atoms. The average Bonchev–Trinajstić information content (AvgIpc) is 3.11. The largest absolute Gasteiger partial charge is 0.387 e. The third kappa shape index (κ3) is 7.59. The van der Waals surface area contributed by atoms with E-state index in [-0.39, 0.29) is 18.3 Å². The Bertz CT molecular complexity index is 885. The van der Waals surface area contributed by atoms with Gasteiger partial charge in [0.05, 0.1) is 23.2 Å². The molecule has 0 radical (unpaired) electrons. The van der Waals surface area contributed by atoms with E-state index in [1.54, 1.807) is 11.3 Å². The number of aromatic nitrogens is 1. The molecule has 154 valence electrons. The highest BCUT2D eigenvalue weighted by molar-refractivity contribution is 7.09. The summed E-state index contributed by atoms with van der Waals surface area (Å²) in [4.78, 5) is 16.4. The van der Waals surface area contributed by atoms with Gasteiger partial charge in [-0.2, -0.15) is 0 Å². The number of carbonyl (C=O) groups excluding carboxylic acids is 1. The summed E-state index contributed by atoms with van der Waals surface area (Å²) in [7, 11) is 0. The van der Waals surface area contributed by atoms with Crippen LogP contribution in [-0.2, 0) is 17.6 Å². The van der Waals surface area contributed by atoms with Gasteiger partial charge in [0.25, 0.3) is 0 Å². The molecule has 0 saturated heterocycles. The fourth-order valence-corrected chi connectivity index (χ4v) is 3.49. The van der Waals surface area contributed by atoms with Crippen LogP contribution < -0.4 is 10.6 Å². The van der Waals surface area contributed by atoms with Crippen molar-refractivity contribution in [3.8, 4) is 0 Å². The van der Waals surface area contributed by atoms with Gasteiger partial charge in [0.2, 0.25) is 5.91 Å². The number of benzene rings is 2. The van der Waals surface area contributed by atoms with Crippen molar-refractivity contribution < 1.29 is 9.90 Å². The van der Waals surface area contributed by atoms with Crippen LogP contribution in [0.5, 0.6) is 0 Å². The third-order valence-corrected chi connectivity index (χ3v) is 5.18. The first kappa shape index (κ1) is 23.0. The van der Waals surface area contributed by atoms with Gasteiger partial charge in [-0.15, -0.1) is 23.7 Å². The van der Waals surface area contributed by atoms with Gasteiger partial charge in [-0.3, -0.25) is 4.79 Å². The van der Waals surface area contributed by atoms with Gasteiger partial charge in [-0.25, -0.2) is 4.98 Å². The normalized spacial score (nSPS) is 11.5. The zero-order valence-electron chi connectivity index (χ0n) is 16.3. The molecule has 7 heteroatoms. The maximum absolute atomic E-state index is 12.1. The van der Waals surface area contributed by atoms with Crippen LogP contribution in [0.2, 0.25) is 0 Å². The highest BCUT2D eigenvalue weighted by atomic mass is 35.5. The van der Waals surface area contributed by atoms with Crippen LogP contribution in [0.3, 0.4) is 0 Å². The Morgan fingerprint density at radius 3 is 2.52 bits per heavy atom. The van der Waals surface area contributed by atoms with Gasteiger partial charge in [0.1, 0.15) is 0 Å². The molecular formula is C22H26ClN3O2S. The minimum atomic E-state index is -0.500. The second-order valence-electron chi connectivity index (χ2n) is 6.66. The molecule has 29 heavy (non-hydrogen) atoms. The highest BCUT2D eigenvalue weighted by Crippen LogP contribution is 2.13. The minimum Gasteiger partial charge on any atom is -0.387 e. The van der Waals surface area contributed by atoms with Crippen molar-refractivity contribution in [1.82, 2.24) is 10.3 Å². The molecule has 0 saturated carbocycles. The lowest BCUT2D eigenvalue weighted by atomic mass is 10.1. The van der Waals surface area contributed by atoms with Gasteiger partial charge in [0.15, 0.2) is 0 Å². The summed E-state index contributed by atoms with van der Waals surface area (Å²) in [5.41, 5.74) is 3.69. The lowest BCUT2D eigenvalue weighted by Crippen LogP contribution is -2.23. The van der Waals surface area contributed by atoms with E-state index in [9.17, 15) is 9.90 Å². The Hall–Kier alpha value is -2.25. The second-order valence-corrected chi connectivity index (χ2v) is 7.72. The molecule has 3 N–H and O–H groups in total. The van der Waals surface area contributed by atoms with Crippen LogP contribution >= 0.6 is 23.7 Å². The molecule has 0 aliphatic heterocycles. The molecule has 0 fully saturated rings. The smallest absolute Gasteiger partial charge is 0.230 e. The molecule has 0 unspecified atom stereocenters. The number of hydrogen-bond donors (Lipinski definition) is 3. The van der Waals surface area contributed by atoms with Crippen molar-refractivity contribution in [3.63, 3.8) is 0 Å². The second kappa shape index (κ2) is 11.7. The van der Waals surface area contributed by atoms with E-state index in [4.69, 9.17) is 0 Å². The maximum Gasteiger partial charge on any atom is 0.230 e. The molecule has 0 aliphatic carbocycles. The van der Waals surface area contributed by atoms with E-state index in [1.807, 2.05) is 66.9 Å². The molecule has 2 aromatic carbocycles. The first-order valence-corrected chi connectivity index (χ1v) is 10.2. The number of aryl methyl sites for hydroxylation is 1. The molecule has 3 aromatic rings. The topological polar surface area (TPSA) is 74.2 Å². The van der Waals surface area contributed by atoms with Crippen LogP contribution in [0.15, 0.2) is 60.0 Å². The Morgan fingerprint density at radius 2 is 1.86 bits per heavy atom.